The van der Waals surface area contributed by atoms with E-state index in [0.29, 0.717) is 6.54 Å². The molecule has 2 atom stereocenters. The highest BCUT2D eigenvalue weighted by Gasteiger charge is 2.56. The number of hydrogen-bond donors (Lipinski definition) is 2. The first-order valence-corrected chi connectivity index (χ1v) is 9.00. The van der Waals surface area contributed by atoms with Crippen molar-refractivity contribution in [3.05, 3.63) is 65.7 Å². The monoisotopic (exact) mass is 336 g/mol. The highest BCUT2D eigenvalue weighted by molar-refractivity contribution is 6.09. The smallest absolute Gasteiger partial charge is 0.238 e. The normalized spacial score (nSPS) is 20.2. The standard InChI is InChI=1S/C21H24N2O2/c1-22-14-18(24)19(15-8-3-2-4-9-15)23-17-11-6-5-10-16(17)21(20(23)25)12-7-13-21/h2-6,8-11,18-19,22,24H,7,12-14H2,1H3. The Morgan fingerprint density at radius 3 is 2.44 bits per heavy atom. The van der Waals surface area contributed by atoms with Gasteiger partial charge in [0, 0.05) is 12.2 Å². The molecular weight excluding hydrogens is 312 g/mol. The maximum absolute atomic E-state index is 13.5. The van der Waals surface area contributed by atoms with Crippen molar-refractivity contribution in [1.82, 2.24) is 5.32 Å². The van der Waals surface area contributed by atoms with Crippen LogP contribution in [0.5, 0.6) is 0 Å². The molecule has 25 heavy (non-hydrogen) atoms. The first kappa shape index (κ1) is 16.3. The van der Waals surface area contributed by atoms with Crippen molar-refractivity contribution in [2.75, 3.05) is 18.5 Å². The molecule has 0 bridgehead atoms. The quantitative estimate of drug-likeness (QED) is 0.883. The Bertz CT molecular complexity index is 770. The fourth-order valence-electron chi connectivity index (χ4n) is 4.35. The van der Waals surface area contributed by atoms with Crippen LogP contribution >= 0.6 is 0 Å². The van der Waals surface area contributed by atoms with Gasteiger partial charge in [0.1, 0.15) is 0 Å². The van der Waals surface area contributed by atoms with Crippen molar-refractivity contribution in [2.45, 2.75) is 36.8 Å². The van der Waals surface area contributed by atoms with Crippen molar-refractivity contribution < 1.29 is 9.90 Å². The maximum Gasteiger partial charge on any atom is 0.238 e. The van der Waals surface area contributed by atoms with E-state index in [1.165, 1.54) is 0 Å². The molecule has 1 spiro atoms. The predicted octanol–water partition coefficient (Wildman–Crippen LogP) is 2.78. The minimum Gasteiger partial charge on any atom is -0.389 e. The summed E-state index contributed by atoms with van der Waals surface area (Å²) in [4.78, 5) is 15.3. The molecule has 1 aliphatic heterocycles. The van der Waals surface area contributed by atoms with E-state index >= 15 is 0 Å². The number of para-hydroxylation sites is 1. The Labute approximate surface area is 148 Å². The molecule has 4 heteroatoms. The summed E-state index contributed by atoms with van der Waals surface area (Å²) in [5.41, 5.74) is 2.67. The van der Waals surface area contributed by atoms with Crippen LogP contribution in [0.4, 0.5) is 5.69 Å². The Hall–Kier alpha value is -2.17. The molecule has 2 unspecified atom stereocenters. The number of fused-ring (bicyclic) bond motifs is 2. The largest absolute Gasteiger partial charge is 0.389 e. The molecule has 0 saturated heterocycles. The zero-order valence-electron chi connectivity index (χ0n) is 14.5. The number of carbonyl (C=O) groups is 1. The van der Waals surface area contributed by atoms with E-state index in [2.05, 4.69) is 11.4 Å². The number of carbonyl (C=O) groups excluding carboxylic acids is 1. The maximum atomic E-state index is 13.5. The van der Waals surface area contributed by atoms with Crippen LogP contribution in [0.15, 0.2) is 54.6 Å². The molecule has 4 nitrogen and oxygen atoms in total. The van der Waals surface area contributed by atoms with Gasteiger partial charge in [0.15, 0.2) is 0 Å². The van der Waals surface area contributed by atoms with Crippen LogP contribution in [0.2, 0.25) is 0 Å². The van der Waals surface area contributed by atoms with Gasteiger partial charge in [0.2, 0.25) is 5.91 Å². The molecule has 4 rings (SSSR count). The van der Waals surface area contributed by atoms with Crippen LogP contribution in [-0.2, 0) is 10.2 Å². The number of benzene rings is 2. The zero-order chi connectivity index (χ0) is 17.4. The number of hydrogen-bond acceptors (Lipinski definition) is 3. The van der Waals surface area contributed by atoms with E-state index in [1.807, 2.05) is 60.5 Å². The van der Waals surface area contributed by atoms with Crippen LogP contribution in [-0.4, -0.2) is 30.7 Å². The number of anilines is 1. The van der Waals surface area contributed by atoms with E-state index in [4.69, 9.17) is 0 Å². The lowest BCUT2D eigenvalue weighted by molar-refractivity contribution is -0.127. The van der Waals surface area contributed by atoms with Gasteiger partial charge in [-0.1, -0.05) is 55.0 Å². The summed E-state index contributed by atoms with van der Waals surface area (Å²) in [7, 11) is 1.82. The van der Waals surface area contributed by atoms with Crippen molar-refractivity contribution in [1.29, 1.82) is 0 Å². The van der Waals surface area contributed by atoms with Gasteiger partial charge in [-0.2, -0.15) is 0 Å². The average molecular weight is 336 g/mol. The van der Waals surface area contributed by atoms with Crippen molar-refractivity contribution in [3.8, 4) is 0 Å². The number of amides is 1. The Balaban J connectivity index is 1.83. The molecule has 2 aromatic carbocycles. The van der Waals surface area contributed by atoms with Crippen LogP contribution in [0.1, 0.15) is 36.4 Å². The molecule has 1 amide bonds. The molecule has 2 aliphatic rings. The summed E-state index contributed by atoms with van der Waals surface area (Å²) < 4.78 is 0. The first-order chi connectivity index (χ1) is 12.2. The van der Waals surface area contributed by atoms with Gasteiger partial charge in [-0.05, 0) is 37.1 Å². The van der Waals surface area contributed by atoms with Crippen molar-refractivity contribution >= 4 is 11.6 Å². The molecule has 2 aromatic rings. The number of nitrogens with zero attached hydrogens (tertiary/aromatic N) is 1. The van der Waals surface area contributed by atoms with Crippen LogP contribution in [0, 0.1) is 0 Å². The molecule has 1 saturated carbocycles. The molecular formula is C21H24N2O2. The highest BCUT2D eigenvalue weighted by Crippen LogP contribution is 2.55. The first-order valence-electron chi connectivity index (χ1n) is 9.00. The minimum absolute atomic E-state index is 0.143. The summed E-state index contributed by atoms with van der Waals surface area (Å²) in [6.45, 7) is 0.429. The molecule has 1 fully saturated rings. The number of nitrogens with one attached hydrogen (secondary N) is 1. The molecule has 1 heterocycles. The predicted molar refractivity (Wildman–Crippen MR) is 98.6 cm³/mol. The lowest BCUT2D eigenvalue weighted by Gasteiger charge is -2.39. The summed E-state index contributed by atoms with van der Waals surface area (Å²) in [5, 5.41) is 13.9. The second-order valence-electron chi connectivity index (χ2n) is 7.11. The lowest BCUT2D eigenvalue weighted by Crippen LogP contribution is -2.49. The number of aliphatic hydroxyl groups excluding tert-OH is 1. The Morgan fingerprint density at radius 2 is 1.80 bits per heavy atom. The van der Waals surface area contributed by atoms with E-state index in [1.54, 1.807) is 0 Å². The van der Waals surface area contributed by atoms with E-state index in [0.717, 1.165) is 36.1 Å². The topological polar surface area (TPSA) is 52.6 Å². The second kappa shape index (κ2) is 6.28. The third kappa shape index (κ3) is 2.40. The second-order valence-corrected chi connectivity index (χ2v) is 7.11. The fraction of sp³-hybridized carbons (Fsp3) is 0.381. The van der Waals surface area contributed by atoms with E-state index in [9.17, 15) is 9.90 Å². The van der Waals surface area contributed by atoms with Crippen molar-refractivity contribution in [3.63, 3.8) is 0 Å². The lowest BCUT2D eigenvalue weighted by atomic mass is 9.65. The van der Waals surface area contributed by atoms with Crippen molar-refractivity contribution in [2.24, 2.45) is 0 Å². The van der Waals surface area contributed by atoms with Gasteiger partial charge < -0.3 is 15.3 Å². The van der Waals surface area contributed by atoms with E-state index < -0.39 is 6.10 Å². The summed E-state index contributed by atoms with van der Waals surface area (Å²) >= 11 is 0. The van der Waals surface area contributed by atoms with Gasteiger partial charge >= 0.3 is 0 Å². The van der Waals surface area contributed by atoms with Gasteiger partial charge in [-0.3, -0.25) is 4.79 Å². The molecule has 0 radical (unpaired) electrons. The third-order valence-corrected chi connectivity index (χ3v) is 5.71. The van der Waals surface area contributed by atoms with Gasteiger partial charge in [0.25, 0.3) is 0 Å². The number of likely N-dealkylation sites (N-methyl/N-ethyl adjacent to an activating group) is 1. The van der Waals surface area contributed by atoms with Crippen LogP contribution < -0.4 is 10.2 Å². The summed E-state index contributed by atoms with van der Waals surface area (Å²) in [5.74, 6) is 0.143. The molecule has 0 aromatic heterocycles. The fourth-order valence-corrected chi connectivity index (χ4v) is 4.35. The Kier molecular flexibility index (Phi) is 4.10. The average Bonchev–Trinajstić information content (AvgIpc) is 2.86. The minimum atomic E-state index is -0.681. The SMILES string of the molecule is CNCC(O)C(c1ccccc1)N1C(=O)C2(CCC2)c2ccccc21. The van der Waals surface area contributed by atoms with Gasteiger partial charge in [0.05, 0.1) is 17.6 Å². The third-order valence-electron chi connectivity index (χ3n) is 5.71. The Morgan fingerprint density at radius 1 is 1.12 bits per heavy atom. The van der Waals surface area contributed by atoms with E-state index in [-0.39, 0.29) is 17.4 Å². The van der Waals surface area contributed by atoms with Crippen LogP contribution in [0.3, 0.4) is 0 Å². The zero-order valence-corrected chi connectivity index (χ0v) is 14.5. The molecule has 2 N–H and O–H groups in total. The summed E-state index contributed by atoms with van der Waals surface area (Å²) in [6, 6.07) is 17.6. The molecule has 130 valence electrons. The van der Waals surface area contributed by atoms with Gasteiger partial charge in [-0.15, -0.1) is 0 Å². The highest BCUT2D eigenvalue weighted by atomic mass is 16.3. The molecule has 1 aliphatic carbocycles. The number of aliphatic hydroxyl groups is 1. The number of rotatable bonds is 5. The van der Waals surface area contributed by atoms with Gasteiger partial charge in [-0.25, -0.2) is 0 Å². The summed E-state index contributed by atoms with van der Waals surface area (Å²) in [6.07, 6.45) is 2.22. The van der Waals surface area contributed by atoms with Crippen LogP contribution in [0.25, 0.3) is 0 Å².